The molecule has 0 saturated carbocycles. The summed E-state index contributed by atoms with van der Waals surface area (Å²) in [5, 5.41) is 0. The van der Waals surface area contributed by atoms with E-state index in [1.807, 2.05) is 39.0 Å². The van der Waals surface area contributed by atoms with Crippen LogP contribution in [0.4, 0.5) is 0 Å². The summed E-state index contributed by atoms with van der Waals surface area (Å²) >= 11 is 0. The van der Waals surface area contributed by atoms with E-state index in [2.05, 4.69) is 24.1 Å². The second-order valence-corrected chi connectivity index (χ2v) is 3.29. The van der Waals surface area contributed by atoms with Gasteiger partial charge in [0.1, 0.15) is 0 Å². The Labute approximate surface area is 93.2 Å². The zero-order valence-corrected chi connectivity index (χ0v) is 9.96. The molecule has 0 amide bonds. The van der Waals surface area contributed by atoms with Gasteiger partial charge >= 0.3 is 0 Å². The molecule has 1 aromatic carbocycles. The van der Waals surface area contributed by atoms with Crippen molar-refractivity contribution in [3.63, 3.8) is 0 Å². The third kappa shape index (κ3) is 5.35. The molecule has 0 aliphatic rings. The van der Waals surface area contributed by atoms with Gasteiger partial charge in [0.2, 0.25) is 0 Å². The number of hydrazine groups is 1. The van der Waals surface area contributed by atoms with Crippen LogP contribution in [0, 0.1) is 0 Å². The smallest absolute Gasteiger partial charge is 0.0496 e. The lowest BCUT2D eigenvalue weighted by molar-refractivity contribution is 0.550. The molecule has 84 valence electrons. The Morgan fingerprint density at radius 3 is 2.27 bits per heavy atom. The molecule has 0 aliphatic carbocycles. The number of hydrogen-bond donors (Lipinski definition) is 2. The number of benzene rings is 1. The van der Waals surface area contributed by atoms with Gasteiger partial charge < -0.3 is 0 Å². The van der Waals surface area contributed by atoms with E-state index in [4.69, 9.17) is 5.84 Å². The van der Waals surface area contributed by atoms with E-state index in [9.17, 15) is 0 Å². The van der Waals surface area contributed by atoms with E-state index in [-0.39, 0.29) is 6.04 Å². The lowest BCUT2D eigenvalue weighted by atomic mass is 10.0. The minimum absolute atomic E-state index is 0.179. The molecule has 0 aliphatic heterocycles. The van der Waals surface area contributed by atoms with Gasteiger partial charge in [0, 0.05) is 6.04 Å². The van der Waals surface area contributed by atoms with Crippen LogP contribution >= 0.6 is 0 Å². The van der Waals surface area contributed by atoms with Crippen LogP contribution in [0.5, 0.6) is 0 Å². The first-order valence-corrected chi connectivity index (χ1v) is 5.39. The topological polar surface area (TPSA) is 38.0 Å². The highest BCUT2D eigenvalue weighted by atomic mass is 15.2. The predicted octanol–water partition coefficient (Wildman–Crippen LogP) is 3.18. The summed E-state index contributed by atoms with van der Waals surface area (Å²) in [5.74, 6) is 5.46. The second-order valence-electron chi connectivity index (χ2n) is 3.29. The van der Waals surface area contributed by atoms with Crippen molar-refractivity contribution >= 4 is 0 Å². The van der Waals surface area contributed by atoms with Gasteiger partial charge in [-0.2, -0.15) is 0 Å². The predicted molar refractivity (Wildman–Crippen MR) is 67.3 cm³/mol. The number of nitrogens with two attached hydrogens (primary N) is 1. The maximum Gasteiger partial charge on any atom is 0.0496 e. The van der Waals surface area contributed by atoms with Crippen LogP contribution in [-0.2, 0) is 0 Å². The van der Waals surface area contributed by atoms with Gasteiger partial charge in [0.15, 0.2) is 0 Å². The fourth-order valence-corrected chi connectivity index (χ4v) is 1.31. The first-order chi connectivity index (χ1) is 7.24. The van der Waals surface area contributed by atoms with Crippen molar-refractivity contribution in [2.75, 3.05) is 0 Å². The monoisotopic (exact) mass is 206 g/mol. The van der Waals surface area contributed by atoms with Crippen molar-refractivity contribution < 1.29 is 0 Å². The molecule has 2 heteroatoms. The number of hydrogen-bond acceptors (Lipinski definition) is 2. The lowest BCUT2D eigenvalue weighted by Crippen LogP contribution is -2.28. The number of rotatable bonds is 4. The Bertz CT molecular complexity index is 267. The summed E-state index contributed by atoms with van der Waals surface area (Å²) in [5.41, 5.74) is 5.12. The first kappa shape index (κ1) is 13.9. The molecular formula is C13H22N2. The Morgan fingerprint density at radius 1 is 1.33 bits per heavy atom. The fourth-order valence-electron chi connectivity index (χ4n) is 1.31. The maximum absolute atomic E-state index is 5.46. The van der Waals surface area contributed by atoms with Gasteiger partial charge in [-0.1, -0.05) is 49.8 Å². The zero-order chi connectivity index (χ0) is 11.7. The Morgan fingerprint density at radius 2 is 1.87 bits per heavy atom. The zero-order valence-electron chi connectivity index (χ0n) is 9.96. The highest BCUT2D eigenvalue weighted by Crippen LogP contribution is 2.18. The average molecular weight is 206 g/mol. The largest absolute Gasteiger partial charge is 0.271 e. The van der Waals surface area contributed by atoms with Crippen molar-refractivity contribution in [2.24, 2.45) is 5.84 Å². The molecule has 0 aromatic heterocycles. The van der Waals surface area contributed by atoms with Gasteiger partial charge in [-0.3, -0.25) is 11.3 Å². The van der Waals surface area contributed by atoms with Crippen molar-refractivity contribution in [1.29, 1.82) is 0 Å². The van der Waals surface area contributed by atoms with Crippen molar-refractivity contribution in [1.82, 2.24) is 5.43 Å². The van der Waals surface area contributed by atoms with Crippen LogP contribution in [0.15, 0.2) is 42.5 Å². The Kier molecular flexibility index (Phi) is 7.60. The van der Waals surface area contributed by atoms with Gasteiger partial charge in [-0.15, -0.1) is 6.58 Å². The van der Waals surface area contributed by atoms with Crippen molar-refractivity contribution in [2.45, 2.75) is 33.2 Å². The minimum Gasteiger partial charge on any atom is -0.271 e. The minimum atomic E-state index is 0.179. The summed E-state index contributed by atoms with van der Waals surface area (Å²) in [6.07, 6.45) is 0.876. The standard InChI is InChI=1S/C11H16N2.C2H6/c1-9(2)8-11(13-12)10-6-4-3-5-7-10;1-2/h3-7,11,13H,1,8,12H2,2H3;1-2H3. The fraction of sp³-hybridized carbons (Fsp3) is 0.385. The van der Waals surface area contributed by atoms with Crippen LogP contribution in [-0.4, -0.2) is 0 Å². The van der Waals surface area contributed by atoms with E-state index in [1.54, 1.807) is 0 Å². The second kappa shape index (κ2) is 8.21. The summed E-state index contributed by atoms with van der Waals surface area (Å²) in [6.45, 7) is 9.88. The molecule has 1 unspecified atom stereocenters. The van der Waals surface area contributed by atoms with Crippen LogP contribution in [0.1, 0.15) is 38.8 Å². The lowest BCUT2D eigenvalue weighted by Gasteiger charge is -2.15. The highest BCUT2D eigenvalue weighted by Gasteiger charge is 2.07. The maximum atomic E-state index is 5.46. The van der Waals surface area contributed by atoms with E-state index < -0.39 is 0 Å². The molecule has 0 radical (unpaired) electrons. The third-order valence-electron chi connectivity index (χ3n) is 1.96. The van der Waals surface area contributed by atoms with Gasteiger partial charge in [0.05, 0.1) is 0 Å². The highest BCUT2D eigenvalue weighted by molar-refractivity contribution is 5.20. The molecule has 1 atom stereocenters. The molecule has 1 rings (SSSR count). The summed E-state index contributed by atoms with van der Waals surface area (Å²) in [4.78, 5) is 0. The molecule has 0 spiro atoms. The Hall–Kier alpha value is -1.12. The molecule has 0 fully saturated rings. The van der Waals surface area contributed by atoms with Crippen LogP contribution < -0.4 is 11.3 Å². The van der Waals surface area contributed by atoms with E-state index >= 15 is 0 Å². The number of nitrogens with one attached hydrogen (secondary N) is 1. The van der Waals surface area contributed by atoms with Gasteiger partial charge in [-0.05, 0) is 18.9 Å². The molecule has 1 aromatic rings. The normalized spacial score (nSPS) is 11.2. The van der Waals surface area contributed by atoms with E-state index in [0.717, 1.165) is 12.0 Å². The summed E-state index contributed by atoms with van der Waals surface area (Å²) in [6, 6.07) is 10.3. The summed E-state index contributed by atoms with van der Waals surface area (Å²) < 4.78 is 0. The molecule has 0 bridgehead atoms. The molecule has 15 heavy (non-hydrogen) atoms. The quantitative estimate of drug-likeness (QED) is 0.451. The Balaban J connectivity index is 0.000000921. The molecule has 3 N–H and O–H groups in total. The van der Waals surface area contributed by atoms with Crippen LogP contribution in [0.25, 0.3) is 0 Å². The molecule has 0 saturated heterocycles. The van der Waals surface area contributed by atoms with Gasteiger partial charge in [-0.25, -0.2) is 0 Å². The average Bonchev–Trinajstić information content (AvgIpc) is 2.29. The third-order valence-corrected chi connectivity index (χ3v) is 1.96. The van der Waals surface area contributed by atoms with Crippen LogP contribution in [0.2, 0.25) is 0 Å². The summed E-state index contributed by atoms with van der Waals surface area (Å²) in [7, 11) is 0. The SMILES string of the molecule is C=C(C)CC(NN)c1ccccc1.CC. The molecule has 0 heterocycles. The van der Waals surface area contributed by atoms with E-state index in [1.165, 1.54) is 5.56 Å². The van der Waals surface area contributed by atoms with E-state index in [0.29, 0.717) is 0 Å². The van der Waals surface area contributed by atoms with Crippen molar-refractivity contribution in [3.05, 3.63) is 48.0 Å². The first-order valence-electron chi connectivity index (χ1n) is 5.39. The molecular weight excluding hydrogens is 184 g/mol. The van der Waals surface area contributed by atoms with Crippen molar-refractivity contribution in [3.8, 4) is 0 Å². The molecule has 2 nitrogen and oxygen atoms in total. The van der Waals surface area contributed by atoms with Gasteiger partial charge in [0.25, 0.3) is 0 Å². The van der Waals surface area contributed by atoms with Crippen LogP contribution in [0.3, 0.4) is 0 Å².